The SMILES string of the molecule is CC1=[C-]C(C)C=C1[Si](C)(C)C.C[C](=[Zr+2])c1ccccc1.[Cl-].[Cl-].[c-]1cccc2c1Cc1ccccc1-2. The molecule has 0 N–H and O–H groups in total. The normalized spacial score (nSPS) is 14.8. The monoisotopic (exact) mass is 594 g/mol. The summed E-state index contributed by atoms with van der Waals surface area (Å²) in [6, 6.07) is 28.6. The Morgan fingerprint density at radius 3 is 2.00 bits per heavy atom. The second-order valence-electron chi connectivity index (χ2n) is 9.78. The summed E-state index contributed by atoms with van der Waals surface area (Å²) < 4.78 is 1.46. The minimum absolute atomic E-state index is 0. The second kappa shape index (κ2) is 14.4. The third-order valence-electron chi connectivity index (χ3n) is 5.90. The fourth-order valence-electron chi connectivity index (χ4n) is 4.33. The first-order chi connectivity index (χ1) is 15.7. The van der Waals surface area contributed by atoms with E-state index in [0.717, 1.165) is 6.42 Å². The van der Waals surface area contributed by atoms with Gasteiger partial charge in [-0.25, -0.2) is 10.8 Å². The summed E-state index contributed by atoms with van der Waals surface area (Å²) in [5.41, 5.74) is 8.28. The van der Waals surface area contributed by atoms with E-state index in [-0.39, 0.29) is 24.8 Å². The van der Waals surface area contributed by atoms with E-state index in [2.05, 4.69) is 119 Å². The maximum atomic E-state index is 3.43. The Labute approximate surface area is 241 Å². The van der Waals surface area contributed by atoms with E-state index in [0.29, 0.717) is 5.92 Å². The van der Waals surface area contributed by atoms with Gasteiger partial charge in [0.2, 0.25) is 0 Å². The molecule has 35 heavy (non-hydrogen) atoms. The number of rotatable bonds is 2. The van der Waals surface area contributed by atoms with Crippen molar-refractivity contribution < 1.29 is 49.0 Å². The zero-order valence-electron chi connectivity index (χ0n) is 21.5. The first kappa shape index (κ1) is 31.7. The van der Waals surface area contributed by atoms with Crippen LogP contribution in [0.15, 0.2) is 89.6 Å². The summed E-state index contributed by atoms with van der Waals surface area (Å²) in [5.74, 6) is 0.553. The average molecular weight is 597 g/mol. The Balaban J connectivity index is 0.000000260. The van der Waals surface area contributed by atoms with Gasteiger partial charge in [-0.15, -0.1) is 5.56 Å². The van der Waals surface area contributed by atoms with Crippen LogP contribution in [-0.2, 0) is 30.7 Å². The fraction of sp³-hybridized carbons (Fsp3) is 0.258. The van der Waals surface area contributed by atoms with E-state index in [1.54, 1.807) is 5.20 Å². The van der Waals surface area contributed by atoms with Gasteiger partial charge in [0.25, 0.3) is 0 Å². The molecule has 0 nitrogen and oxygen atoms in total. The molecule has 3 aromatic rings. The van der Waals surface area contributed by atoms with Crippen molar-refractivity contribution in [1.82, 2.24) is 0 Å². The van der Waals surface area contributed by atoms with Gasteiger partial charge in [0.05, 0.1) is 0 Å². The van der Waals surface area contributed by atoms with Crippen LogP contribution < -0.4 is 24.8 Å². The topological polar surface area (TPSA) is 0 Å². The third kappa shape index (κ3) is 8.94. The molecule has 0 fully saturated rings. The Kier molecular flexibility index (Phi) is 13.1. The molecule has 0 spiro atoms. The van der Waals surface area contributed by atoms with Crippen molar-refractivity contribution in [3.63, 3.8) is 0 Å². The summed E-state index contributed by atoms with van der Waals surface area (Å²) in [6.45, 7) is 13.7. The van der Waals surface area contributed by atoms with Gasteiger partial charge in [0, 0.05) is 0 Å². The molecule has 0 radical (unpaired) electrons. The molecule has 4 heteroatoms. The van der Waals surface area contributed by atoms with Crippen LogP contribution in [0.25, 0.3) is 11.1 Å². The summed E-state index contributed by atoms with van der Waals surface area (Å²) in [4.78, 5) is 0. The largest absolute Gasteiger partial charge is 1.00 e. The smallest absolute Gasteiger partial charge is 0.0253 e. The van der Waals surface area contributed by atoms with Crippen molar-refractivity contribution in [2.45, 2.75) is 46.8 Å². The van der Waals surface area contributed by atoms with Crippen LogP contribution in [0.4, 0.5) is 0 Å². The standard InChI is InChI=1S/C13H9.C10H17Si.C8H8.2ClH.Zr/c1-3-7-12-10(5-1)9-11-6-2-4-8-13(11)12;1-8-6-9(2)10(7-8)11(3,4)5;1-2-8-6-4-3-5-7-8;;;/h1-5,7-8H,9H2;7-8H,1-5H3;3-7H,1H3;2*1H;/q2*-1;;;;+2/p-2. The molecule has 2 aliphatic rings. The first-order valence-electron chi connectivity index (χ1n) is 11.7. The predicted molar refractivity (Wildman–Crippen MR) is 143 cm³/mol. The van der Waals surface area contributed by atoms with Gasteiger partial charge in [0.15, 0.2) is 0 Å². The molecular formula is C31H34Cl2SiZr-2. The molecule has 0 saturated heterocycles. The summed E-state index contributed by atoms with van der Waals surface area (Å²) in [5, 5.41) is 1.60. The van der Waals surface area contributed by atoms with Crippen LogP contribution in [0.2, 0.25) is 19.6 Å². The summed E-state index contributed by atoms with van der Waals surface area (Å²) in [7, 11) is -1.07. The van der Waals surface area contributed by atoms with Gasteiger partial charge in [-0.2, -0.15) is 35.9 Å². The molecule has 0 heterocycles. The van der Waals surface area contributed by atoms with E-state index in [9.17, 15) is 0 Å². The molecule has 0 bridgehead atoms. The molecule has 3 aromatic carbocycles. The average Bonchev–Trinajstić information content (AvgIpc) is 3.34. The van der Waals surface area contributed by atoms with Crippen LogP contribution in [0.5, 0.6) is 0 Å². The Hall–Kier alpha value is -1.31. The predicted octanol–water partition coefficient (Wildman–Crippen LogP) is 2.03. The van der Waals surface area contributed by atoms with E-state index in [4.69, 9.17) is 0 Å². The second-order valence-corrected chi connectivity index (χ2v) is 16.7. The van der Waals surface area contributed by atoms with E-state index < -0.39 is 8.07 Å². The minimum atomic E-state index is -1.07. The van der Waals surface area contributed by atoms with Crippen LogP contribution in [0.3, 0.4) is 0 Å². The van der Waals surface area contributed by atoms with Gasteiger partial charge in [0.1, 0.15) is 0 Å². The van der Waals surface area contributed by atoms with Gasteiger partial charge in [-0.1, -0.05) is 74.8 Å². The van der Waals surface area contributed by atoms with Crippen molar-refractivity contribution in [3.8, 4) is 11.1 Å². The number of benzene rings is 3. The fourth-order valence-corrected chi connectivity index (χ4v) is 6.69. The maximum absolute atomic E-state index is 3.43. The molecular weight excluding hydrogens is 563 g/mol. The quantitative estimate of drug-likeness (QED) is 0.246. The van der Waals surface area contributed by atoms with E-state index in [1.807, 2.05) is 12.1 Å². The van der Waals surface area contributed by atoms with Crippen LogP contribution in [-0.4, -0.2) is 11.3 Å². The number of allylic oxidation sites excluding steroid dienone is 4. The molecule has 0 aliphatic heterocycles. The van der Waals surface area contributed by atoms with E-state index >= 15 is 0 Å². The molecule has 182 valence electrons. The minimum Gasteiger partial charge on any atom is -1.00 e. The summed E-state index contributed by atoms with van der Waals surface area (Å²) >= 11 is 1.51. The zero-order chi connectivity index (χ0) is 24.0. The number of hydrogen-bond acceptors (Lipinski definition) is 0. The van der Waals surface area contributed by atoms with Crippen LogP contribution >= 0.6 is 0 Å². The molecule has 0 amide bonds. The number of halogens is 2. The molecule has 5 rings (SSSR count). The van der Waals surface area contributed by atoms with Gasteiger partial charge >= 0.3 is 70.3 Å². The van der Waals surface area contributed by atoms with Gasteiger partial charge in [-0.05, 0) is 14.5 Å². The molecule has 1 unspecified atom stereocenters. The summed E-state index contributed by atoms with van der Waals surface area (Å²) in [6.07, 6.45) is 6.86. The molecule has 0 aromatic heterocycles. The van der Waals surface area contributed by atoms with Crippen LogP contribution in [0, 0.1) is 18.1 Å². The first-order valence-corrected chi connectivity index (χ1v) is 16.4. The van der Waals surface area contributed by atoms with Gasteiger partial charge in [-0.3, -0.25) is 6.08 Å². The van der Waals surface area contributed by atoms with Crippen molar-refractivity contribution in [1.29, 1.82) is 0 Å². The maximum Gasteiger partial charge on any atom is -0.0253 e. The molecule has 1 atom stereocenters. The Bertz CT molecular complexity index is 1130. The Morgan fingerprint density at radius 1 is 0.886 bits per heavy atom. The third-order valence-corrected chi connectivity index (χ3v) is 8.76. The van der Waals surface area contributed by atoms with Crippen LogP contribution in [0.1, 0.15) is 37.5 Å². The molecule has 0 saturated carbocycles. The van der Waals surface area contributed by atoms with Crippen molar-refractivity contribution in [2.24, 2.45) is 5.92 Å². The Morgan fingerprint density at radius 2 is 1.49 bits per heavy atom. The molecule has 2 aliphatic carbocycles. The van der Waals surface area contributed by atoms with Crippen molar-refractivity contribution >= 4 is 11.3 Å². The van der Waals surface area contributed by atoms with Crippen molar-refractivity contribution in [3.05, 3.63) is 118 Å². The van der Waals surface area contributed by atoms with E-state index in [1.165, 1.54) is 60.8 Å². The van der Waals surface area contributed by atoms with Gasteiger partial charge < -0.3 is 24.8 Å². The van der Waals surface area contributed by atoms with Crippen molar-refractivity contribution in [2.75, 3.05) is 0 Å². The number of hydrogen-bond donors (Lipinski definition) is 0. The number of fused-ring (bicyclic) bond motifs is 3. The zero-order valence-corrected chi connectivity index (χ0v) is 26.5.